The first-order valence-electron chi connectivity index (χ1n) is 4.16. The maximum Gasteiger partial charge on any atom is 0.116 e. The molecule has 1 aromatic rings. The summed E-state index contributed by atoms with van der Waals surface area (Å²) in [4.78, 5) is 0. The predicted octanol–water partition coefficient (Wildman–Crippen LogP) is 3.06. The Labute approximate surface area is 73.4 Å². The van der Waals surface area contributed by atoms with Gasteiger partial charge in [0, 0.05) is 0 Å². The van der Waals surface area contributed by atoms with Crippen molar-refractivity contribution in [3.63, 3.8) is 0 Å². The fraction of sp³-hybridized carbons (Fsp3) is 0.273. The average molecular weight is 162 g/mol. The Balaban J connectivity index is 2.76. The van der Waals surface area contributed by atoms with Gasteiger partial charge >= 0.3 is 0 Å². The van der Waals surface area contributed by atoms with Crippen LogP contribution in [0.5, 0.6) is 5.75 Å². The predicted molar refractivity (Wildman–Crippen MR) is 52.0 cm³/mol. The van der Waals surface area contributed by atoms with Crippen molar-refractivity contribution in [3.05, 3.63) is 35.9 Å². The van der Waals surface area contributed by atoms with Crippen LogP contribution in [0.2, 0.25) is 0 Å². The SMILES string of the molecule is CC(C)/C=C/c1cccc(O)c1. The van der Waals surface area contributed by atoms with Crippen molar-refractivity contribution in [2.24, 2.45) is 5.92 Å². The van der Waals surface area contributed by atoms with Crippen molar-refractivity contribution in [1.29, 1.82) is 0 Å². The van der Waals surface area contributed by atoms with E-state index >= 15 is 0 Å². The van der Waals surface area contributed by atoms with Crippen LogP contribution >= 0.6 is 0 Å². The molecule has 12 heavy (non-hydrogen) atoms. The van der Waals surface area contributed by atoms with Gasteiger partial charge < -0.3 is 5.11 Å². The van der Waals surface area contributed by atoms with Gasteiger partial charge in [0.2, 0.25) is 0 Å². The molecule has 0 aliphatic rings. The monoisotopic (exact) mass is 162 g/mol. The van der Waals surface area contributed by atoms with Gasteiger partial charge in [0.1, 0.15) is 5.75 Å². The second kappa shape index (κ2) is 3.96. The Morgan fingerprint density at radius 3 is 2.67 bits per heavy atom. The van der Waals surface area contributed by atoms with Crippen LogP contribution in [-0.4, -0.2) is 5.11 Å². The Bertz CT molecular complexity index is 274. The zero-order valence-corrected chi connectivity index (χ0v) is 7.49. The molecule has 0 aromatic heterocycles. The fourth-order valence-corrected chi connectivity index (χ4v) is 0.932. The fourth-order valence-electron chi connectivity index (χ4n) is 0.932. The highest BCUT2D eigenvalue weighted by Gasteiger charge is 1.89. The van der Waals surface area contributed by atoms with E-state index in [1.54, 1.807) is 12.1 Å². The summed E-state index contributed by atoms with van der Waals surface area (Å²) in [6, 6.07) is 7.24. The molecule has 0 heterocycles. The molecule has 0 fully saturated rings. The van der Waals surface area contributed by atoms with Gasteiger partial charge in [-0.05, 0) is 23.6 Å². The molecular formula is C11H14O. The summed E-state index contributed by atoms with van der Waals surface area (Å²) in [6.45, 7) is 4.25. The van der Waals surface area contributed by atoms with Crippen molar-refractivity contribution in [1.82, 2.24) is 0 Å². The van der Waals surface area contributed by atoms with Gasteiger partial charge in [0.15, 0.2) is 0 Å². The van der Waals surface area contributed by atoms with E-state index in [0.717, 1.165) is 5.56 Å². The lowest BCUT2D eigenvalue weighted by atomic mass is 10.1. The minimum atomic E-state index is 0.320. The van der Waals surface area contributed by atoms with Crippen LogP contribution < -0.4 is 0 Å². The highest BCUT2D eigenvalue weighted by molar-refractivity contribution is 5.51. The van der Waals surface area contributed by atoms with Crippen LogP contribution in [0.1, 0.15) is 19.4 Å². The van der Waals surface area contributed by atoms with Gasteiger partial charge in [-0.2, -0.15) is 0 Å². The maximum absolute atomic E-state index is 9.14. The zero-order valence-electron chi connectivity index (χ0n) is 7.49. The third-order valence-corrected chi connectivity index (χ3v) is 1.54. The number of aromatic hydroxyl groups is 1. The first-order chi connectivity index (χ1) is 5.68. The molecule has 1 N–H and O–H groups in total. The molecule has 0 saturated carbocycles. The van der Waals surface area contributed by atoms with Crippen molar-refractivity contribution in [2.75, 3.05) is 0 Å². The quantitative estimate of drug-likeness (QED) is 0.708. The van der Waals surface area contributed by atoms with E-state index in [-0.39, 0.29) is 0 Å². The van der Waals surface area contributed by atoms with Crippen molar-refractivity contribution < 1.29 is 5.11 Å². The standard InChI is InChI=1S/C11H14O/c1-9(2)6-7-10-4-3-5-11(12)8-10/h3-9,12H,1-2H3/b7-6+. The second-order valence-corrected chi connectivity index (χ2v) is 3.20. The van der Waals surface area contributed by atoms with Crippen LogP contribution in [0.4, 0.5) is 0 Å². The summed E-state index contributed by atoms with van der Waals surface area (Å²) in [5, 5.41) is 9.14. The van der Waals surface area contributed by atoms with E-state index < -0.39 is 0 Å². The molecule has 64 valence electrons. The summed E-state index contributed by atoms with van der Waals surface area (Å²) in [5.41, 5.74) is 1.05. The number of allylic oxidation sites excluding steroid dienone is 1. The van der Waals surface area contributed by atoms with Gasteiger partial charge in [0.25, 0.3) is 0 Å². The molecule has 0 bridgehead atoms. The summed E-state index contributed by atoms with van der Waals surface area (Å²) in [6.07, 6.45) is 4.12. The number of phenolic OH excluding ortho intramolecular Hbond substituents is 1. The first-order valence-corrected chi connectivity index (χ1v) is 4.16. The van der Waals surface area contributed by atoms with Crippen molar-refractivity contribution in [2.45, 2.75) is 13.8 Å². The minimum Gasteiger partial charge on any atom is -0.508 e. The molecule has 1 nitrogen and oxygen atoms in total. The molecule has 0 aliphatic heterocycles. The molecule has 0 atom stereocenters. The van der Waals surface area contributed by atoms with Gasteiger partial charge in [-0.15, -0.1) is 0 Å². The molecule has 1 aromatic carbocycles. The second-order valence-electron chi connectivity index (χ2n) is 3.20. The van der Waals surface area contributed by atoms with Gasteiger partial charge in [-0.25, -0.2) is 0 Å². The number of phenols is 1. The van der Waals surface area contributed by atoms with Gasteiger partial charge in [0.05, 0.1) is 0 Å². The Morgan fingerprint density at radius 2 is 2.08 bits per heavy atom. The molecule has 0 radical (unpaired) electrons. The lowest BCUT2D eigenvalue weighted by molar-refractivity contribution is 0.475. The topological polar surface area (TPSA) is 20.2 Å². The highest BCUT2D eigenvalue weighted by Crippen LogP contribution is 2.12. The molecule has 0 unspecified atom stereocenters. The van der Waals surface area contributed by atoms with Crippen molar-refractivity contribution >= 4 is 6.08 Å². The Hall–Kier alpha value is -1.24. The van der Waals surface area contributed by atoms with E-state index in [0.29, 0.717) is 11.7 Å². The number of benzene rings is 1. The third kappa shape index (κ3) is 2.79. The van der Waals surface area contributed by atoms with E-state index in [4.69, 9.17) is 5.11 Å². The van der Waals surface area contributed by atoms with Crippen molar-refractivity contribution in [3.8, 4) is 5.75 Å². The van der Waals surface area contributed by atoms with E-state index in [1.165, 1.54) is 0 Å². The molecule has 0 saturated heterocycles. The molecule has 0 spiro atoms. The summed E-state index contributed by atoms with van der Waals surface area (Å²) >= 11 is 0. The normalized spacial score (nSPS) is 11.2. The maximum atomic E-state index is 9.14. The smallest absolute Gasteiger partial charge is 0.116 e. The molecular weight excluding hydrogens is 148 g/mol. The van der Waals surface area contributed by atoms with Crippen LogP contribution in [-0.2, 0) is 0 Å². The zero-order chi connectivity index (χ0) is 8.97. The molecule has 0 aliphatic carbocycles. The van der Waals surface area contributed by atoms with Gasteiger partial charge in [-0.1, -0.05) is 38.1 Å². The largest absolute Gasteiger partial charge is 0.508 e. The molecule has 1 heteroatoms. The van der Waals surface area contributed by atoms with E-state index in [9.17, 15) is 0 Å². The number of hydrogen-bond acceptors (Lipinski definition) is 1. The van der Waals surface area contributed by atoms with E-state index in [1.807, 2.05) is 18.2 Å². The van der Waals surface area contributed by atoms with Crippen LogP contribution in [0.15, 0.2) is 30.3 Å². The average Bonchev–Trinajstić information content (AvgIpc) is 2.01. The first kappa shape index (κ1) is 8.85. The van der Waals surface area contributed by atoms with Crippen LogP contribution in [0.3, 0.4) is 0 Å². The lowest BCUT2D eigenvalue weighted by Gasteiger charge is -1.96. The molecule has 1 rings (SSSR count). The number of rotatable bonds is 2. The number of hydrogen-bond donors (Lipinski definition) is 1. The summed E-state index contributed by atoms with van der Waals surface area (Å²) in [7, 11) is 0. The lowest BCUT2D eigenvalue weighted by Crippen LogP contribution is -1.77. The third-order valence-electron chi connectivity index (χ3n) is 1.54. The summed E-state index contributed by atoms with van der Waals surface area (Å²) in [5.74, 6) is 0.869. The van der Waals surface area contributed by atoms with E-state index in [2.05, 4.69) is 19.9 Å². The summed E-state index contributed by atoms with van der Waals surface area (Å²) < 4.78 is 0. The molecule has 0 amide bonds. The minimum absolute atomic E-state index is 0.320. The van der Waals surface area contributed by atoms with Crippen LogP contribution in [0.25, 0.3) is 6.08 Å². The Kier molecular flexibility index (Phi) is 2.92. The highest BCUT2D eigenvalue weighted by atomic mass is 16.3. The van der Waals surface area contributed by atoms with Gasteiger partial charge in [-0.3, -0.25) is 0 Å². The Morgan fingerprint density at radius 1 is 1.33 bits per heavy atom. The van der Waals surface area contributed by atoms with Crippen LogP contribution in [0, 0.1) is 5.92 Å².